The predicted molar refractivity (Wildman–Crippen MR) is 295 cm³/mol. The van der Waals surface area contributed by atoms with Crippen molar-refractivity contribution in [1.29, 1.82) is 0 Å². The van der Waals surface area contributed by atoms with Gasteiger partial charge in [0.05, 0.1) is 18.5 Å². The van der Waals surface area contributed by atoms with Gasteiger partial charge in [0.2, 0.25) is 0 Å². The molecule has 0 fully saturated rings. The minimum atomic E-state index is 0.783. The fourth-order valence-electron chi connectivity index (χ4n) is 11.3. The Bertz CT molecular complexity index is 3900. The first kappa shape index (κ1) is 39.9. The van der Waals surface area contributed by atoms with Crippen molar-refractivity contribution in [1.82, 2.24) is 0 Å². The highest BCUT2D eigenvalue weighted by Gasteiger charge is 2.29. The van der Waals surface area contributed by atoms with Gasteiger partial charge in [0.25, 0.3) is 0 Å². The molecule has 328 valence electrons. The Morgan fingerprint density at radius 3 is 0.971 bits per heavy atom. The van der Waals surface area contributed by atoms with Crippen molar-refractivity contribution in [2.45, 2.75) is 0 Å². The molecule has 13 aromatic carbocycles. The zero-order chi connectivity index (χ0) is 46.3. The smallest absolute Gasteiger partial charge is 0.152 e. The van der Waals surface area contributed by atoms with Crippen LogP contribution in [0.3, 0.4) is 0 Å². The van der Waals surface area contributed by atoms with Crippen LogP contribution in [0, 0.1) is 0 Å². The predicted octanol–water partition coefficient (Wildman–Crippen LogP) is 18.9. The van der Waals surface area contributed by atoms with Gasteiger partial charge in [-0.1, -0.05) is 182 Å². The van der Waals surface area contributed by atoms with E-state index in [1.54, 1.807) is 7.11 Å². The van der Waals surface area contributed by atoms with Gasteiger partial charge in [-0.25, -0.2) is 0 Å². The highest BCUT2D eigenvalue weighted by atomic mass is 16.5. The van der Waals surface area contributed by atoms with Gasteiger partial charge in [0, 0.05) is 5.69 Å². The van der Waals surface area contributed by atoms with Crippen molar-refractivity contribution in [2.75, 3.05) is 12.0 Å². The van der Waals surface area contributed by atoms with E-state index in [0.717, 1.165) is 45.4 Å². The van der Waals surface area contributed by atoms with Gasteiger partial charge in [0.15, 0.2) is 11.5 Å². The van der Waals surface area contributed by atoms with Gasteiger partial charge in [-0.05, 0) is 170 Å². The molecule has 0 atom stereocenters. The monoisotopic (exact) mass is 893 g/mol. The first-order valence-corrected chi connectivity index (χ1v) is 23.9. The molecule has 14 rings (SSSR count). The van der Waals surface area contributed by atoms with Gasteiger partial charge >= 0.3 is 0 Å². The Morgan fingerprint density at radius 2 is 0.614 bits per heavy atom. The summed E-state index contributed by atoms with van der Waals surface area (Å²) >= 11 is 0. The van der Waals surface area contributed by atoms with E-state index in [9.17, 15) is 0 Å². The normalized spacial score (nSPS) is 12.2. The van der Waals surface area contributed by atoms with Crippen LogP contribution in [-0.2, 0) is 0 Å². The summed E-state index contributed by atoms with van der Waals surface area (Å²) in [5.74, 6) is 2.37. The lowest BCUT2D eigenvalue weighted by molar-refractivity contribution is 0.415. The van der Waals surface area contributed by atoms with Gasteiger partial charge in [-0.15, -0.1) is 0 Å². The van der Waals surface area contributed by atoms with E-state index in [-0.39, 0.29) is 0 Å². The minimum absolute atomic E-state index is 0.783. The molecule has 0 radical (unpaired) electrons. The Labute approximate surface area is 405 Å². The quantitative estimate of drug-likeness (QED) is 0.155. The molecule has 0 N–H and O–H groups in total. The topological polar surface area (TPSA) is 21.7 Å². The molecule has 70 heavy (non-hydrogen) atoms. The van der Waals surface area contributed by atoms with Crippen LogP contribution in [0.1, 0.15) is 0 Å². The van der Waals surface area contributed by atoms with Crippen LogP contribution in [-0.4, -0.2) is 7.11 Å². The van der Waals surface area contributed by atoms with E-state index in [4.69, 9.17) is 9.47 Å². The molecule has 0 unspecified atom stereocenters. The van der Waals surface area contributed by atoms with E-state index < -0.39 is 0 Å². The van der Waals surface area contributed by atoms with Crippen molar-refractivity contribution in [2.24, 2.45) is 0 Å². The molecule has 0 aromatic heterocycles. The van der Waals surface area contributed by atoms with E-state index in [0.29, 0.717) is 0 Å². The minimum Gasteiger partial charge on any atom is -0.497 e. The summed E-state index contributed by atoms with van der Waals surface area (Å²) in [5.41, 5.74) is 12.4. The average molecular weight is 894 g/mol. The number of methoxy groups -OCH3 is 1. The highest BCUT2D eigenvalue weighted by molar-refractivity contribution is 6.23. The second-order valence-electron chi connectivity index (χ2n) is 18.3. The van der Waals surface area contributed by atoms with Crippen LogP contribution in [0.15, 0.2) is 243 Å². The fourth-order valence-corrected chi connectivity index (χ4v) is 11.3. The molecule has 0 saturated heterocycles. The van der Waals surface area contributed by atoms with Crippen LogP contribution in [0.25, 0.3) is 109 Å². The molecule has 0 spiro atoms. The maximum atomic E-state index is 7.25. The van der Waals surface area contributed by atoms with Crippen molar-refractivity contribution < 1.29 is 9.47 Å². The molecule has 1 aliphatic heterocycles. The van der Waals surface area contributed by atoms with Gasteiger partial charge in [0.1, 0.15) is 5.75 Å². The van der Waals surface area contributed by atoms with Crippen LogP contribution < -0.4 is 14.4 Å². The molecule has 3 nitrogen and oxygen atoms in total. The number of hydrogen-bond acceptors (Lipinski definition) is 3. The number of benzene rings is 13. The van der Waals surface area contributed by atoms with Gasteiger partial charge in [-0.3, -0.25) is 0 Å². The van der Waals surface area contributed by atoms with Crippen LogP contribution >= 0.6 is 0 Å². The SMILES string of the molecule is COc1ccc(N2c3ccc(-c4c5ccccc5c(-c5ccc6ccccc6c5)c5ccccc45)cc3Oc3cc(-c4c5ccccc5c(-c5ccc6ccccc6c5)c5ccccc45)ccc32)cc1. The standard InChI is InChI=1S/C67H43NO2/c1-69-51-34-32-50(33-35-51)68-60-36-30-48(66-56-22-10-6-18-52(56)64(53-19-7-11-23-57(53)66)46-28-26-42-14-2-4-16-44(42)38-46)40-62(60)70-63-41-49(31-37-61(63)68)67-58-24-12-8-20-54(58)65(55-21-9-13-25-59(55)67)47-29-27-43-15-3-5-17-45(43)39-47/h2-41H,1H3. The molecule has 3 heteroatoms. The second-order valence-corrected chi connectivity index (χ2v) is 18.3. The van der Waals surface area contributed by atoms with Crippen molar-refractivity contribution >= 4 is 81.7 Å². The van der Waals surface area contributed by atoms with Crippen LogP contribution in [0.4, 0.5) is 17.1 Å². The molecule has 0 bridgehead atoms. The summed E-state index contributed by atoms with van der Waals surface area (Å²) in [6.07, 6.45) is 0. The van der Waals surface area contributed by atoms with Crippen molar-refractivity contribution in [3.05, 3.63) is 243 Å². The summed E-state index contributed by atoms with van der Waals surface area (Å²) in [6.45, 7) is 0. The average Bonchev–Trinajstić information content (AvgIpc) is 3.42. The Morgan fingerprint density at radius 1 is 0.300 bits per heavy atom. The number of nitrogens with zero attached hydrogens (tertiary/aromatic N) is 1. The maximum Gasteiger partial charge on any atom is 0.152 e. The summed E-state index contributed by atoms with van der Waals surface area (Å²) in [4.78, 5) is 2.32. The first-order chi connectivity index (χ1) is 34.7. The van der Waals surface area contributed by atoms with Crippen molar-refractivity contribution in [3.63, 3.8) is 0 Å². The molecule has 0 saturated carbocycles. The second kappa shape index (κ2) is 16.0. The number of anilines is 3. The molecular formula is C67H43NO2. The fraction of sp³-hybridized carbons (Fsp3) is 0.0149. The Balaban J connectivity index is 0.961. The largest absolute Gasteiger partial charge is 0.497 e. The summed E-state index contributed by atoms with van der Waals surface area (Å²) < 4.78 is 12.9. The zero-order valence-corrected chi connectivity index (χ0v) is 38.4. The third-order valence-corrected chi connectivity index (χ3v) is 14.5. The van der Waals surface area contributed by atoms with Crippen LogP contribution in [0.2, 0.25) is 0 Å². The number of fused-ring (bicyclic) bond motifs is 8. The lowest BCUT2D eigenvalue weighted by Gasteiger charge is -2.34. The molecule has 0 aliphatic carbocycles. The lowest BCUT2D eigenvalue weighted by atomic mass is 9.85. The third-order valence-electron chi connectivity index (χ3n) is 14.5. The molecular weight excluding hydrogens is 851 g/mol. The number of hydrogen-bond donors (Lipinski definition) is 0. The van der Waals surface area contributed by atoms with E-state index >= 15 is 0 Å². The number of rotatable bonds is 6. The first-order valence-electron chi connectivity index (χ1n) is 23.9. The Hall–Kier alpha value is -9.18. The van der Waals surface area contributed by atoms with Crippen molar-refractivity contribution in [3.8, 4) is 61.8 Å². The zero-order valence-electron chi connectivity index (χ0n) is 38.4. The molecule has 0 amide bonds. The van der Waals surface area contributed by atoms with E-state index in [1.165, 1.54) is 98.0 Å². The molecule has 13 aromatic rings. The van der Waals surface area contributed by atoms with Gasteiger partial charge < -0.3 is 14.4 Å². The van der Waals surface area contributed by atoms with E-state index in [2.05, 4.69) is 235 Å². The lowest BCUT2D eigenvalue weighted by Crippen LogP contribution is -2.16. The van der Waals surface area contributed by atoms with Crippen LogP contribution in [0.5, 0.6) is 17.2 Å². The summed E-state index contributed by atoms with van der Waals surface area (Å²) in [7, 11) is 1.71. The maximum absolute atomic E-state index is 7.25. The van der Waals surface area contributed by atoms with Gasteiger partial charge in [-0.2, -0.15) is 0 Å². The third kappa shape index (κ3) is 6.29. The van der Waals surface area contributed by atoms with E-state index in [1.807, 2.05) is 12.1 Å². The Kier molecular flexibility index (Phi) is 9.11. The molecule has 1 aliphatic rings. The summed E-state index contributed by atoms with van der Waals surface area (Å²) in [6, 6.07) is 88.1. The molecule has 1 heterocycles. The highest BCUT2D eigenvalue weighted by Crippen LogP contribution is 2.55. The summed E-state index contributed by atoms with van der Waals surface area (Å²) in [5, 5.41) is 14.6. The number of ether oxygens (including phenoxy) is 2.